The maximum absolute atomic E-state index is 11.5. The van der Waals surface area contributed by atoms with Gasteiger partial charge in [-0.2, -0.15) is 0 Å². The van der Waals surface area contributed by atoms with E-state index in [1.54, 1.807) is 0 Å². The van der Waals surface area contributed by atoms with Crippen LogP contribution in [0.1, 0.15) is 40.0 Å². The Hall–Kier alpha value is -0.130. The predicted octanol–water partition coefficient (Wildman–Crippen LogP) is 1.08. The lowest BCUT2D eigenvalue weighted by atomic mass is 9.91. The number of nitrogens with one attached hydrogen (secondary N) is 1. The van der Waals surface area contributed by atoms with Crippen LogP contribution < -0.4 is 10.5 Å². The van der Waals surface area contributed by atoms with Gasteiger partial charge in [-0.05, 0) is 31.2 Å². The number of unbranched alkanes of at least 4 members (excludes halogenated alkanes) is 1. The summed E-state index contributed by atoms with van der Waals surface area (Å²) < 4.78 is 25.7. The Morgan fingerprint density at radius 1 is 1.27 bits per heavy atom. The van der Waals surface area contributed by atoms with Crippen LogP contribution in [0.3, 0.4) is 0 Å². The van der Waals surface area contributed by atoms with Gasteiger partial charge in [-0.1, -0.05) is 20.8 Å². The molecule has 0 radical (unpaired) electrons. The van der Waals surface area contributed by atoms with E-state index < -0.39 is 10.0 Å². The highest BCUT2D eigenvalue weighted by Crippen LogP contribution is 2.18. The molecule has 0 fully saturated rings. The molecule has 0 aromatic heterocycles. The van der Waals surface area contributed by atoms with Crippen molar-refractivity contribution in [1.82, 2.24) is 4.72 Å². The second kappa shape index (κ2) is 6.45. The molecule has 0 aliphatic rings. The van der Waals surface area contributed by atoms with Crippen molar-refractivity contribution in [3.05, 3.63) is 0 Å². The fourth-order valence-corrected chi connectivity index (χ4v) is 2.28. The molecule has 0 amide bonds. The molecule has 0 rings (SSSR count). The van der Waals surface area contributed by atoms with Crippen molar-refractivity contribution in [2.75, 3.05) is 18.8 Å². The third-order valence-electron chi connectivity index (χ3n) is 2.59. The Bertz CT molecular complexity index is 261. The van der Waals surface area contributed by atoms with Crippen molar-refractivity contribution >= 4 is 10.0 Å². The summed E-state index contributed by atoms with van der Waals surface area (Å²) in [5.41, 5.74) is 5.34. The SMILES string of the molecule is CCC(C)(C)CNS(=O)(=O)CCCCN. The van der Waals surface area contributed by atoms with Gasteiger partial charge in [0.05, 0.1) is 5.75 Å². The molecule has 0 aliphatic carbocycles. The van der Waals surface area contributed by atoms with Gasteiger partial charge in [0.15, 0.2) is 0 Å². The monoisotopic (exact) mass is 236 g/mol. The minimum absolute atomic E-state index is 0.0287. The molecule has 0 unspecified atom stereocenters. The lowest BCUT2D eigenvalue weighted by Gasteiger charge is -2.22. The first-order valence-electron chi connectivity index (χ1n) is 5.50. The molecule has 92 valence electrons. The lowest BCUT2D eigenvalue weighted by molar-refractivity contribution is 0.350. The maximum atomic E-state index is 11.5. The molecule has 0 aliphatic heterocycles. The largest absolute Gasteiger partial charge is 0.330 e. The zero-order chi connectivity index (χ0) is 11.9. The van der Waals surface area contributed by atoms with Crippen molar-refractivity contribution in [2.24, 2.45) is 11.1 Å². The molecule has 0 atom stereocenters. The normalized spacial score (nSPS) is 13.1. The van der Waals surface area contributed by atoms with Gasteiger partial charge < -0.3 is 5.73 Å². The summed E-state index contributed by atoms with van der Waals surface area (Å²) in [6.07, 6.45) is 2.36. The van der Waals surface area contributed by atoms with E-state index in [2.05, 4.69) is 25.5 Å². The standard InChI is InChI=1S/C10H24N2O2S/c1-4-10(2,3)9-12-15(13,14)8-6-5-7-11/h12H,4-9,11H2,1-3H3. The Balaban J connectivity index is 3.94. The second-order valence-electron chi connectivity index (χ2n) is 4.65. The molecule has 0 bridgehead atoms. The zero-order valence-corrected chi connectivity index (χ0v) is 10.9. The minimum atomic E-state index is -3.10. The molecule has 0 saturated carbocycles. The summed E-state index contributed by atoms with van der Waals surface area (Å²) in [5.74, 6) is 0.185. The van der Waals surface area contributed by atoms with Gasteiger partial charge in [0, 0.05) is 6.54 Å². The average Bonchev–Trinajstić information content (AvgIpc) is 2.16. The molecular formula is C10H24N2O2S. The highest BCUT2D eigenvalue weighted by molar-refractivity contribution is 7.89. The van der Waals surface area contributed by atoms with Gasteiger partial charge in [0.1, 0.15) is 0 Å². The molecule has 0 spiro atoms. The summed E-state index contributed by atoms with van der Waals surface area (Å²) in [5, 5.41) is 0. The van der Waals surface area contributed by atoms with E-state index >= 15 is 0 Å². The van der Waals surface area contributed by atoms with Gasteiger partial charge in [0.25, 0.3) is 0 Å². The van der Waals surface area contributed by atoms with E-state index in [4.69, 9.17) is 5.73 Å². The summed E-state index contributed by atoms with van der Waals surface area (Å²) in [6.45, 7) is 7.22. The molecule has 0 heterocycles. The molecule has 15 heavy (non-hydrogen) atoms. The van der Waals surface area contributed by atoms with Crippen LogP contribution >= 0.6 is 0 Å². The van der Waals surface area contributed by atoms with Crippen molar-refractivity contribution in [3.8, 4) is 0 Å². The van der Waals surface area contributed by atoms with E-state index in [1.807, 2.05) is 0 Å². The lowest BCUT2D eigenvalue weighted by Crippen LogP contribution is -2.35. The molecule has 0 aromatic rings. The number of hydrogen-bond donors (Lipinski definition) is 2. The Morgan fingerprint density at radius 2 is 1.87 bits per heavy atom. The van der Waals surface area contributed by atoms with Crippen molar-refractivity contribution in [1.29, 1.82) is 0 Å². The summed E-state index contributed by atoms with van der Waals surface area (Å²) in [6, 6.07) is 0. The van der Waals surface area contributed by atoms with Crippen molar-refractivity contribution in [2.45, 2.75) is 40.0 Å². The molecule has 5 heteroatoms. The first kappa shape index (κ1) is 14.9. The smallest absolute Gasteiger partial charge is 0.211 e. The zero-order valence-electron chi connectivity index (χ0n) is 10.0. The fraction of sp³-hybridized carbons (Fsp3) is 1.00. The summed E-state index contributed by atoms with van der Waals surface area (Å²) in [7, 11) is -3.10. The van der Waals surface area contributed by atoms with Gasteiger partial charge >= 0.3 is 0 Å². The van der Waals surface area contributed by atoms with Crippen molar-refractivity contribution < 1.29 is 8.42 Å². The van der Waals surface area contributed by atoms with E-state index in [-0.39, 0.29) is 11.2 Å². The van der Waals surface area contributed by atoms with Crippen LogP contribution in [0.25, 0.3) is 0 Å². The fourth-order valence-electron chi connectivity index (χ4n) is 0.939. The van der Waals surface area contributed by atoms with Gasteiger partial charge in [-0.3, -0.25) is 0 Å². The van der Waals surface area contributed by atoms with Crippen LogP contribution in [-0.2, 0) is 10.0 Å². The predicted molar refractivity (Wildman–Crippen MR) is 64.1 cm³/mol. The Labute approximate surface area is 93.7 Å². The third-order valence-corrected chi connectivity index (χ3v) is 4.01. The maximum Gasteiger partial charge on any atom is 0.211 e. The topological polar surface area (TPSA) is 72.2 Å². The van der Waals surface area contributed by atoms with Crippen LogP contribution in [0.15, 0.2) is 0 Å². The second-order valence-corrected chi connectivity index (χ2v) is 6.58. The summed E-state index contributed by atoms with van der Waals surface area (Å²) in [4.78, 5) is 0. The molecule has 0 saturated heterocycles. The highest BCUT2D eigenvalue weighted by atomic mass is 32.2. The van der Waals surface area contributed by atoms with Gasteiger partial charge in [-0.25, -0.2) is 13.1 Å². The molecular weight excluding hydrogens is 212 g/mol. The first-order chi connectivity index (χ1) is 6.83. The van der Waals surface area contributed by atoms with Crippen LogP contribution in [0.2, 0.25) is 0 Å². The summed E-state index contributed by atoms with van der Waals surface area (Å²) >= 11 is 0. The van der Waals surface area contributed by atoms with E-state index in [1.165, 1.54) is 0 Å². The van der Waals surface area contributed by atoms with Crippen LogP contribution in [-0.4, -0.2) is 27.3 Å². The number of hydrogen-bond acceptors (Lipinski definition) is 3. The average molecular weight is 236 g/mol. The van der Waals surface area contributed by atoms with E-state index in [9.17, 15) is 8.42 Å². The Kier molecular flexibility index (Phi) is 6.40. The number of nitrogens with two attached hydrogens (primary N) is 1. The van der Waals surface area contributed by atoms with E-state index in [0.717, 1.165) is 12.8 Å². The number of rotatable bonds is 8. The molecule has 3 N–H and O–H groups in total. The molecule has 0 aromatic carbocycles. The molecule has 4 nitrogen and oxygen atoms in total. The van der Waals surface area contributed by atoms with Gasteiger partial charge in [0.2, 0.25) is 10.0 Å². The van der Waals surface area contributed by atoms with Gasteiger partial charge in [-0.15, -0.1) is 0 Å². The number of sulfonamides is 1. The van der Waals surface area contributed by atoms with Crippen molar-refractivity contribution in [3.63, 3.8) is 0 Å². The minimum Gasteiger partial charge on any atom is -0.330 e. The first-order valence-corrected chi connectivity index (χ1v) is 7.15. The van der Waals surface area contributed by atoms with Crippen LogP contribution in [0.4, 0.5) is 0 Å². The quantitative estimate of drug-likeness (QED) is 0.619. The van der Waals surface area contributed by atoms with Crippen LogP contribution in [0.5, 0.6) is 0 Å². The van der Waals surface area contributed by atoms with E-state index in [0.29, 0.717) is 19.5 Å². The highest BCUT2D eigenvalue weighted by Gasteiger charge is 2.18. The third kappa shape index (κ3) is 7.76. The Morgan fingerprint density at radius 3 is 2.33 bits per heavy atom. The van der Waals surface area contributed by atoms with Crippen LogP contribution in [0, 0.1) is 5.41 Å².